The van der Waals surface area contributed by atoms with Crippen LogP contribution in [0, 0.1) is 18.8 Å². The molecule has 4 atom stereocenters. The molecule has 3 aromatic rings. The van der Waals surface area contributed by atoms with E-state index in [1.54, 1.807) is 18.0 Å². The third-order valence-electron chi connectivity index (χ3n) is 8.98. The van der Waals surface area contributed by atoms with Crippen molar-refractivity contribution in [3.63, 3.8) is 0 Å². The van der Waals surface area contributed by atoms with Crippen molar-refractivity contribution in [1.29, 1.82) is 0 Å². The van der Waals surface area contributed by atoms with E-state index in [9.17, 15) is 14.3 Å². The lowest BCUT2D eigenvalue weighted by atomic mass is 9.72. The summed E-state index contributed by atoms with van der Waals surface area (Å²) in [7, 11) is 1.68. The number of aromatic nitrogens is 2. The van der Waals surface area contributed by atoms with Crippen LogP contribution in [0.5, 0.6) is 5.75 Å². The van der Waals surface area contributed by atoms with Gasteiger partial charge in [0.1, 0.15) is 12.4 Å². The molecule has 1 aromatic heterocycles. The Morgan fingerprint density at radius 1 is 1.12 bits per heavy atom. The summed E-state index contributed by atoms with van der Waals surface area (Å²) in [5.41, 5.74) is 5.16. The first-order valence-electron chi connectivity index (χ1n) is 14.8. The van der Waals surface area contributed by atoms with Crippen LogP contribution in [0.3, 0.4) is 0 Å². The maximum absolute atomic E-state index is 13.5. The second-order valence-corrected chi connectivity index (χ2v) is 11.6. The summed E-state index contributed by atoms with van der Waals surface area (Å²) >= 11 is 0. The van der Waals surface area contributed by atoms with Gasteiger partial charge < -0.3 is 15.2 Å². The molecule has 2 saturated carbocycles. The van der Waals surface area contributed by atoms with Crippen molar-refractivity contribution < 1.29 is 19.0 Å². The predicted molar refractivity (Wildman–Crippen MR) is 155 cm³/mol. The molecule has 6 nitrogen and oxygen atoms in total. The number of nitrogens with zero attached hydrogens (tertiary/aromatic N) is 2. The number of aryl methyl sites for hydroxylation is 2. The van der Waals surface area contributed by atoms with E-state index < -0.39 is 12.8 Å². The molecule has 2 aromatic carbocycles. The van der Waals surface area contributed by atoms with Crippen LogP contribution in [0.25, 0.3) is 11.1 Å². The van der Waals surface area contributed by atoms with Crippen molar-refractivity contribution in [2.75, 3.05) is 13.8 Å². The third-order valence-corrected chi connectivity index (χ3v) is 8.98. The molecule has 0 aliphatic heterocycles. The monoisotopic (exact) mass is 547 g/mol. The number of halogens is 1. The Kier molecular flexibility index (Phi) is 9.20. The van der Waals surface area contributed by atoms with E-state index in [-0.39, 0.29) is 36.2 Å². The number of aliphatic hydroxyl groups excluding tert-OH is 1. The molecule has 2 fully saturated rings. The molecule has 0 saturated heterocycles. The van der Waals surface area contributed by atoms with Crippen LogP contribution in [0.1, 0.15) is 80.0 Å². The first-order valence-corrected chi connectivity index (χ1v) is 14.8. The highest BCUT2D eigenvalue weighted by Crippen LogP contribution is 2.43. The standard InChI is InChI=1S/C33H42FN3O3/c1-22-17-25(12-14-31(22)40-2)29-13-11-27(19-30(29)38)32(36-33(39)23-7-4-3-5-8-23)26-10-6-9-24(18-26)28-20-35-37(21-28)16-15-34/h6,9-10,12,14,17-18,20-21,23,27,29-30,32,38H,3-5,7-8,11,13,15-16,19H2,1-2H3,(H,36,39). The lowest BCUT2D eigenvalue weighted by molar-refractivity contribution is -0.127. The molecule has 40 heavy (non-hydrogen) atoms. The van der Waals surface area contributed by atoms with Gasteiger partial charge in [-0.15, -0.1) is 0 Å². The number of alkyl halides is 1. The van der Waals surface area contributed by atoms with Crippen molar-refractivity contribution in [1.82, 2.24) is 15.1 Å². The summed E-state index contributed by atoms with van der Waals surface area (Å²) in [5.74, 6) is 1.22. The van der Waals surface area contributed by atoms with Crippen molar-refractivity contribution in [3.8, 4) is 16.9 Å². The van der Waals surface area contributed by atoms with E-state index in [4.69, 9.17) is 4.74 Å². The lowest BCUT2D eigenvalue weighted by Gasteiger charge is -2.38. The Morgan fingerprint density at radius 2 is 1.95 bits per heavy atom. The topological polar surface area (TPSA) is 76.4 Å². The largest absolute Gasteiger partial charge is 0.496 e. The van der Waals surface area contributed by atoms with Gasteiger partial charge in [-0.2, -0.15) is 5.10 Å². The fourth-order valence-corrected chi connectivity index (χ4v) is 6.74. The highest BCUT2D eigenvalue weighted by atomic mass is 19.1. The molecular weight excluding hydrogens is 505 g/mol. The van der Waals surface area contributed by atoms with Crippen molar-refractivity contribution in [2.24, 2.45) is 11.8 Å². The summed E-state index contributed by atoms with van der Waals surface area (Å²) < 4.78 is 19.9. The van der Waals surface area contributed by atoms with Gasteiger partial charge >= 0.3 is 0 Å². The van der Waals surface area contributed by atoms with E-state index in [0.29, 0.717) is 6.42 Å². The van der Waals surface area contributed by atoms with Crippen LogP contribution in [0.2, 0.25) is 0 Å². The van der Waals surface area contributed by atoms with E-state index >= 15 is 0 Å². The maximum atomic E-state index is 13.5. The Balaban J connectivity index is 1.39. The number of hydrogen-bond donors (Lipinski definition) is 2. The van der Waals surface area contributed by atoms with E-state index in [2.05, 4.69) is 34.7 Å². The quantitative estimate of drug-likeness (QED) is 0.320. The van der Waals surface area contributed by atoms with Crippen LogP contribution in [-0.4, -0.2) is 40.7 Å². The Hall–Kier alpha value is -3.19. The summed E-state index contributed by atoms with van der Waals surface area (Å²) in [6.45, 7) is 1.80. The number of rotatable bonds is 9. The molecule has 2 N–H and O–H groups in total. The SMILES string of the molecule is COc1ccc(C2CCC(C(NC(=O)C3CCCCC3)c3cccc(-c4cnn(CCF)c4)c3)CC2O)cc1C. The van der Waals surface area contributed by atoms with Gasteiger partial charge in [0.05, 0.1) is 32.0 Å². The molecule has 0 spiro atoms. The van der Waals surface area contributed by atoms with Crippen molar-refractivity contribution in [2.45, 2.75) is 82.9 Å². The minimum absolute atomic E-state index is 0.0573. The molecule has 2 aliphatic rings. The number of hydrogen-bond acceptors (Lipinski definition) is 4. The van der Waals surface area contributed by atoms with Crippen molar-refractivity contribution >= 4 is 5.91 Å². The van der Waals surface area contributed by atoms with Gasteiger partial charge in [0, 0.05) is 23.6 Å². The zero-order chi connectivity index (χ0) is 28.1. The molecule has 214 valence electrons. The second-order valence-electron chi connectivity index (χ2n) is 11.6. The fourth-order valence-electron chi connectivity index (χ4n) is 6.74. The van der Waals surface area contributed by atoms with Crippen LogP contribution in [-0.2, 0) is 11.3 Å². The molecule has 1 amide bonds. The molecule has 7 heteroatoms. The summed E-state index contributed by atoms with van der Waals surface area (Å²) in [5, 5.41) is 19.1. The minimum atomic E-state index is -0.497. The Labute approximate surface area is 236 Å². The molecular formula is C33H42FN3O3. The average molecular weight is 548 g/mol. The number of ether oxygens (including phenoxy) is 1. The van der Waals surface area contributed by atoms with E-state index in [1.807, 2.05) is 31.3 Å². The normalized spacial score (nSPS) is 22.6. The fraction of sp³-hybridized carbons (Fsp3) is 0.515. The van der Waals surface area contributed by atoms with Gasteiger partial charge in [0.2, 0.25) is 5.91 Å². The van der Waals surface area contributed by atoms with E-state index in [1.165, 1.54) is 6.42 Å². The molecule has 2 aliphatic carbocycles. The van der Waals surface area contributed by atoms with Gasteiger partial charge in [-0.25, -0.2) is 4.39 Å². The number of carbonyl (C=O) groups is 1. The molecule has 5 rings (SSSR count). The first-order chi connectivity index (χ1) is 19.5. The number of nitrogens with one attached hydrogen (secondary N) is 1. The van der Waals surface area contributed by atoms with Crippen LogP contribution < -0.4 is 10.1 Å². The zero-order valence-electron chi connectivity index (χ0n) is 23.7. The zero-order valence-corrected chi connectivity index (χ0v) is 23.7. The molecule has 0 radical (unpaired) electrons. The van der Waals surface area contributed by atoms with E-state index in [0.717, 1.165) is 72.1 Å². The molecule has 1 heterocycles. The van der Waals surface area contributed by atoms with Crippen molar-refractivity contribution in [3.05, 3.63) is 71.5 Å². The average Bonchev–Trinajstić information content (AvgIpc) is 3.45. The predicted octanol–water partition coefficient (Wildman–Crippen LogP) is 6.52. The first kappa shape index (κ1) is 28.3. The van der Waals surface area contributed by atoms with Gasteiger partial charge in [0.15, 0.2) is 0 Å². The summed E-state index contributed by atoms with van der Waals surface area (Å²) in [4.78, 5) is 13.5. The molecule has 4 unspecified atom stereocenters. The van der Waals surface area contributed by atoms with Crippen LogP contribution in [0.15, 0.2) is 54.9 Å². The van der Waals surface area contributed by atoms with Crippen LogP contribution in [0.4, 0.5) is 4.39 Å². The lowest BCUT2D eigenvalue weighted by Crippen LogP contribution is -2.41. The van der Waals surface area contributed by atoms with Gasteiger partial charge in [0.25, 0.3) is 0 Å². The number of carbonyl (C=O) groups excluding carboxylic acids is 1. The maximum Gasteiger partial charge on any atom is 0.223 e. The highest BCUT2D eigenvalue weighted by Gasteiger charge is 2.36. The number of aliphatic hydroxyl groups is 1. The smallest absolute Gasteiger partial charge is 0.223 e. The van der Waals surface area contributed by atoms with Gasteiger partial charge in [-0.1, -0.05) is 49.6 Å². The number of amides is 1. The van der Waals surface area contributed by atoms with Gasteiger partial charge in [-0.3, -0.25) is 9.48 Å². The molecule has 0 bridgehead atoms. The van der Waals surface area contributed by atoms with Crippen LogP contribution >= 0.6 is 0 Å². The highest BCUT2D eigenvalue weighted by molar-refractivity contribution is 5.79. The second kappa shape index (κ2) is 13.0. The Bertz CT molecular complexity index is 1290. The number of benzene rings is 2. The third kappa shape index (κ3) is 6.41. The minimum Gasteiger partial charge on any atom is -0.496 e. The summed E-state index contributed by atoms with van der Waals surface area (Å²) in [6, 6.07) is 14.2. The summed E-state index contributed by atoms with van der Waals surface area (Å²) in [6.07, 6.45) is 10.8. The van der Waals surface area contributed by atoms with Gasteiger partial charge in [-0.05, 0) is 79.3 Å². The number of methoxy groups -OCH3 is 1. The Morgan fingerprint density at radius 3 is 2.67 bits per heavy atom.